The first-order valence-electron chi connectivity index (χ1n) is 3.57. The first-order chi connectivity index (χ1) is 4.41. The van der Waals surface area contributed by atoms with Gasteiger partial charge in [-0.25, -0.2) is 5.11 Å². The van der Waals surface area contributed by atoms with E-state index in [-0.39, 0.29) is 6.61 Å². The van der Waals surface area contributed by atoms with Crippen LogP contribution in [0, 0.1) is 0 Å². The van der Waals surface area contributed by atoms with Gasteiger partial charge in [0.15, 0.2) is 0 Å². The molecule has 0 saturated carbocycles. The summed E-state index contributed by atoms with van der Waals surface area (Å²) < 4.78 is 5.15. The van der Waals surface area contributed by atoms with Crippen molar-refractivity contribution >= 4 is 0 Å². The number of rotatable bonds is 6. The van der Waals surface area contributed by atoms with Gasteiger partial charge in [0.1, 0.15) is 0 Å². The predicted octanol–water partition coefficient (Wildman–Crippen LogP) is 1.62. The van der Waals surface area contributed by atoms with Crippen LogP contribution in [0.2, 0.25) is 0 Å². The van der Waals surface area contributed by atoms with E-state index in [2.05, 4.69) is 6.92 Å². The van der Waals surface area contributed by atoms with Crippen LogP contribution in [0.4, 0.5) is 0 Å². The van der Waals surface area contributed by atoms with E-state index in [0.29, 0.717) is 0 Å². The van der Waals surface area contributed by atoms with Crippen LogP contribution in [-0.2, 0) is 9.84 Å². The summed E-state index contributed by atoms with van der Waals surface area (Å²) in [5, 5.41) is 9.91. The van der Waals surface area contributed by atoms with E-state index in [4.69, 9.17) is 4.74 Å². The second-order valence-electron chi connectivity index (χ2n) is 2.02. The van der Waals surface area contributed by atoms with Crippen molar-refractivity contribution in [1.82, 2.24) is 0 Å². The van der Waals surface area contributed by atoms with Crippen LogP contribution in [0.3, 0.4) is 0 Å². The lowest BCUT2D eigenvalue weighted by Crippen LogP contribution is -1.96. The molecule has 0 bridgehead atoms. The zero-order chi connectivity index (χ0) is 6.95. The number of hydrogen-bond acceptors (Lipinski definition) is 1. The minimum Gasteiger partial charge on any atom is -0.381 e. The van der Waals surface area contributed by atoms with Gasteiger partial charge < -0.3 is 4.74 Å². The Bertz CT molecular complexity index is 40.2. The van der Waals surface area contributed by atoms with Gasteiger partial charge in [-0.05, 0) is 19.3 Å². The molecule has 0 unspecified atom stereocenters. The molecule has 0 aromatic heterocycles. The molecule has 2 heteroatoms. The third kappa shape index (κ3) is 7.92. The van der Waals surface area contributed by atoms with Crippen molar-refractivity contribution < 1.29 is 9.84 Å². The molecular formula is C7H15O2. The normalized spacial score (nSPS) is 10.0. The molecule has 0 N–H and O–H groups in total. The van der Waals surface area contributed by atoms with Gasteiger partial charge in [0.25, 0.3) is 0 Å². The van der Waals surface area contributed by atoms with Crippen LogP contribution in [0.25, 0.3) is 0 Å². The average Bonchev–Trinajstić information content (AvgIpc) is 1.89. The maximum absolute atomic E-state index is 9.91. The first kappa shape index (κ1) is 8.92. The van der Waals surface area contributed by atoms with Crippen molar-refractivity contribution in [3.63, 3.8) is 0 Å². The lowest BCUT2D eigenvalue weighted by Gasteiger charge is -1.98. The average molecular weight is 131 g/mol. The Morgan fingerprint density at radius 3 is 2.56 bits per heavy atom. The Hall–Kier alpha value is -0.0800. The van der Waals surface area contributed by atoms with E-state index < -0.39 is 0 Å². The zero-order valence-electron chi connectivity index (χ0n) is 6.06. The maximum atomic E-state index is 9.91. The van der Waals surface area contributed by atoms with Crippen LogP contribution in [0.1, 0.15) is 26.2 Å². The van der Waals surface area contributed by atoms with Crippen molar-refractivity contribution in [2.24, 2.45) is 0 Å². The topological polar surface area (TPSA) is 29.1 Å². The number of ether oxygens (including phenoxy) is 1. The SMILES string of the molecule is CCCOCCCC[O]. The van der Waals surface area contributed by atoms with Gasteiger partial charge in [-0.1, -0.05) is 6.92 Å². The van der Waals surface area contributed by atoms with Gasteiger partial charge in [0.05, 0.1) is 6.61 Å². The molecule has 0 spiro atoms. The van der Waals surface area contributed by atoms with Gasteiger partial charge in [-0.15, -0.1) is 0 Å². The van der Waals surface area contributed by atoms with Gasteiger partial charge in [0.2, 0.25) is 0 Å². The van der Waals surface area contributed by atoms with Crippen molar-refractivity contribution in [2.45, 2.75) is 26.2 Å². The van der Waals surface area contributed by atoms with Crippen LogP contribution in [-0.4, -0.2) is 19.8 Å². The second kappa shape index (κ2) is 7.92. The molecule has 0 atom stereocenters. The summed E-state index contributed by atoms with van der Waals surface area (Å²) in [6.07, 6.45) is 2.74. The monoisotopic (exact) mass is 131 g/mol. The highest BCUT2D eigenvalue weighted by Gasteiger charge is 1.86. The van der Waals surface area contributed by atoms with Crippen LogP contribution in [0.5, 0.6) is 0 Å². The molecule has 55 valence electrons. The van der Waals surface area contributed by atoms with Gasteiger partial charge in [-0.3, -0.25) is 0 Å². The quantitative estimate of drug-likeness (QED) is 0.503. The molecule has 2 nitrogen and oxygen atoms in total. The highest BCUT2D eigenvalue weighted by Crippen LogP contribution is 1.89. The summed E-state index contributed by atoms with van der Waals surface area (Å²) in [6, 6.07) is 0. The molecule has 1 radical (unpaired) electrons. The van der Waals surface area contributed by atoms with E-state index in [0.717, 1.165) is 32.5 Å². The van der Waals surface area contributed by atoms with Crippen LogP contribution >= 0.6 is 0 Å². The maximum Gasteiger partial charge on any atom is 0.0823 e. The molecule has 0 saturated heterocycles. The molecule has 0 heterocycles. The fourth-order valence-electron chi connectivity index (χ4n) is 0.553. The lowest BCUT2D eigenvalue weighted by atomic mass is 10.3. The standard InChI is InChI=1S/C7H15O2/c1-2-6-9-7-4-3-5-8/h2-7H2,1H3. The lowest BCUT2D eigenvalue weighted by molar-refractivity contribution is 0.117. The van der Waals surface area contributed by atoms with E-state index >= 15 is 0 Å². The summed E-state index contributed by atoms with van der Waals surface area (Å²) in [6.45, 7) is 3.71. The molecule has 0 aromatic rings. The third-order valence-corrected chi connectivity index (χ3v) is 1.03. The van der Waals surface area contributed by atoms with Crippen molar-refractivity contribution in [3.8, 4) is 0 Å². The second-order valence-corrected chi connectivity index (χ2v) is 2.02. The Morgan fingerprint density at radius 2 is 2.00 bits per heavy atom. The first-order valence-corrected chi connectivity index (χ1v) is 3.57. The van der Waals surface area contributed by atoms with Crippen molar-refractivity contribution in [3.05, 3.63) is 0 Å². The van der Waals surface area contributed by atoms with Crippen LogP contribution < -0.4 is 0 Å². The minimum absolute atomic E-state index is 0.0372. The van der Waals surface area contributed by atoms with E-state index in [9.17, 15) is 5.11 Å². The highest BCUT2D eigenvalue weighted by atomic mass is 16.5. The molecule has 0 amide bonds. The summed E-state index contributed by atoms with van der Waals surface area (Å²) in [4.78, 5) is 0. The van der Waals surface area contributed by atoms with Crippen LogP contribution in [0.15, 0.2) is 0 Å². The Labute approximate surface area is 56.8 Å². The zero-order valence-corrected chi connectivity index (χ0v) is 6.06. The Kier molecular flexibility index (Phi) is 7.85. The fourth-order valence-corrected chi connectivity index (χ4v) is 0.553. The van der Waals surface area contributed by atoms with Crippen molar-refractivity contribution in [2.75, 3.05) is 19.8 Å². The number of hydrogen-bond donors (Lipinski definition) is 0. The van der Waals surface area contributed by atoms with Gasteiger partial charge in [0, 0.05) is 13.2 Å². The summed E-state index contributed by atoms with van der Waals surface area (Å²) in [7, 11) is 0. The minimum atomic E-state index is 0.0372. The molecular weight excluding hydrogens is 116 g/mol. The predicted molar refractivity (Wildman–Crippen MR) is 35.9 cm³/mol. The molecule has 0 aliphatic rings. The highest BCUT2D eigenvalue weighted by molar-refractivity contribution is 4.35. The molecule has 0 aromatic carbocycles. The molecule has 0 aliphatic heterocycles. The van der Waals surface area contributed by atoms with E-state index in [1.807, 2.05) is 0 Å². The molecule has 0 fully saturated rings. The smallest absolute Gasteiger partial charge is 0.0823 e. The third-order valence-electron chi connectivity index (χ3n) is 1.03. The van der Waals surface area contributed by atoms with Gasteiger partial charge in [-0.2, -0.15) is 0 Å². The fraction of sp³-hybridized carbons (Fsp3) is 1.00. The Balaban J connectivity index is 2.60. The summed E-state index contributed by atoms with van der Waals surface area (Å²) in [5.41, 5.74) is 0. The molecule has 0 rings (SSSR count). The van der Waals surface area contributed by atoms with Crippen molar-refractivity contribution in [1.29, 1.82) is 0 Å². The number of unbranched alkanes of at least 4 members (excludes halogenated alkanes) is 1. The van der Waals surface area contributed by atoms with E-state index in [1.54, 1.807) is 0 Å². The van der Waals surface area contributed by atoms with Gasteiger partial charge >= 0.3 is 0 Å². The molecule has 0 aliphatic carbocycles. The van der Waals surface area contributed by atoms with E-state index in [1.165, 1.54) is 0 Å². The summed E-state index contributed by atoms with van der Waals surface area (Å²) in [5.74, 6) is 0. The largest absolute Gasteiger partial charge is 0.381 e. The summed E-state index contributed by atoms with van der Waals surface area (Å²) >= 11 is 0. The molecule has 9 heavy (non-hydrogen) atoms. The Morgan fingerprint density at radius 1 is 1.22 bits per heavy atom.